The summed E-state index contributed by atoms with van der Waals surface area (Å²) in [5.74, 6) is -0.477. The van der Waals surface area contributed by atoms with Gasteiger partial charge in [-0.05, 0) is 51.1 Å². The van der Waals surface area contributed by atoms with Crippen LogP contribution in [0.15, 0.2) is 30.3 Å². The fourth-order valence-electron chi connectivity index (χ4n) is 5.31. The lowest BCUT2D eigenvalue weighted by atomic mass is 9.80. The smallest absolute Gasteiger partial charge is 0.343 e. The van der Waals surface area contributed by atoms with Crippen molar-refractivity contribution in [3.05, 3.63) is 35.9 Å². The molecule has 4 atom stereocenters. The van der Waals surface area contributed by atoms with Crippen molar-refractivity contribution in [1.29, 1.82) is 0 Å². The van der Waals surface area contributed by atoms with E-state index in [4.69, 9.17) is 4.74 Å². The maximum Gasteiger partial charge on any atom is 0.343 e. The molecule has 1 N–H and O–H groups in total. The zero-order chi connectivity index (χ0) is 17.4. The van der Waals surface area contributed by atoms with Crippen molar-refractivity contribution < 1.29 is 14.6 Å². The summed E-state index contributed by atoms with van der Waals surface area (Å²) in [6.07, 6.45) is 8.11. The molecule has 0 unspecified atom stereocenters. The first-order valence-electron chi connectivity index (χ1n) is 9.81. The summed E-state index contributed by atoms with van der Waals surface area (Å²) in [6.45, 7) is 0. The number of hydrogen-bond acceptors (Lipinski definition) is 4. The minimum atomic E-state index is -1.51. The van der Waals surface area contributed by atoms with Crippen molar-refractivity contribution in [2.24, 2.45) is 5.92 Å². The summed E-state index contributed by atoms with van der Waals surface area (Å²) in [5.41, 5.74) is -0.827. The Kier molecular flexibility index (Phi) is 4.59. The van der Waals surface area contributed by atoms with E-state index in [0.717, 1.165) is 44.9 Å². The predicted molar refractivity (Wildman–Crippen MR) is 96.0 cm³/mol. The monoisotopic (exact) mass is 343 g/mol. The minimum absolute atomic E-state index is 0.0416. The van der Waals surface area contributed by atoms with Gasteiger partial charge in [0, 0.05) is 18.0 Å². The molecule has 1 aliphatic carbocycles. The fourth-order valence-corrected chi connectivity index (χ4v) is 5.31. The zero-order valence-electron chi connectivity index (χ0n) is 15.1. The normalized spacial score (nSPS) is 32.5. The van der Waals surface area contributed by atoms with Crippen LogP contribution in [0.2, 0.25) is 0 Å². The van der Waals surface area contributed by atoms with E-state index >= 15 is 0 Å². The molecular formula is C21H29NO3. The highest BCUT2D eigenvalue weighted by molar-refractivity contribution is 5.82. The molecule has 2 saturated heterocycles. The van der Waals surface area contributed by atoms with Crippen molar-refractivity contribution in [3.63, 3.8) is 0 Å². The van der Waals surface area contributed by atoms with Crippen LogP contribution in [0.25, 0.3) is 0 Å². The Bertz CT molecular complexity index is 613. The van der Waals surface area contributed by atoms with Gasteiger partial charge in [-0.3, -0.25) is 4.90 Å². The molecule has 2 aliphatic heterocycles. The maximum atomic E-state index is 13.2. The van der Waals surface area contributed by atoms with Crippen LogP contribution in [-0.4, -0.2) is 41.2 Å². The molecule has 0 radical (unpaired) electrons. The van der Waals surface area contributed by atoms with Crippen LogP contribution in [0, 0.1) is 5.92 Å². The molecule has 3 aliphatic rings. The van der Waals surface area contributed by atoms with E-state index in [1.807, 2.05) is 30.3 Å². The van der Waals surface area contributed by atoms with E-state index in [0.29, 0.717) is 17.6 Å². The summed E-state index contributed by atoms with van der Waals surface area (Å²) in [4.78, 5) is 15.6. The molecular weight excluding hydrogens is 314 g/mol. The van der Waals surface area contributed by atoms with Gasteiger partial charge in [0.05, 0.1) is 0 Å². The Morgan fingerprint density at radius 3 is 2.48 bits per heavy atom. The molecule has 3 fully saturated rings. The summed E-state index contributed by atoms with van der Waals surface area (Å²) < 4.78 is 5.99. The molecule has 1 saturated carbocycles. The van der Waals surface area contributed by atoms with E-state index in [9.17, 15) is 9.90 Å². The number of rotatable bonds is 4. The molecule has 4 nitrogen and oxygen atoms in total. The Morgan fingerprint density at radius 1 is 1.08 bits per heavy atom. The predicted octanol–water partition coefficient (Wildman–Crippen LogP) is 3.23. The number of likely N-dealkylation sites (N-methyl/N-ethyl adjacent to an activating group) is 1. The van der Waals surface area contributed by atoms with Crippen LogP contribution >= 0.6 is 0 Å². The van der Waals surface area contributed by atoms with Crippen LogP contribution in [-0.2, 0) is 15.1 Å². The van der Waals surface area contributed by atoms with E-state index in [1.54, 1.807) is 0 Å². The highest BCUT2D eigenvalue weighted by Gasteiger charge is 2.50. The molecule has 0 spiro atoms. The first kappa shape index (κ1) is 17.0. The topological polar surface area (TPSA) is 49.8 Å². The quantitative estimate of drug-likeness (QED) is 0.853. The van der Waals surface area contributed by atoms with Crippen LogP contribution in [0.3, 0.4) is 0 Å². The number of piperidine rings is 1. The Morgan fingerprint density at radius 2 is 1.76 bits per heavy atom. The van der Waals surface area contributed by atoms with Gasteiger partial charge < -0.3 is 9.84 Å². The molecule has 4 rings (SSSR count). The Labute approximate surface area is 150 Å². The second-order valence-electron chi connectivity index (χ2n) is 8.10. The molecule has 2 bridgehead atoms. The van der Waals surface area contributed by atoms with E-state index in [1.165, 1.54) is 6.42 Å². The van der Waals surface area contributed by atoms with E-state index < -0.39 is 11.6 Å². The highest BCUT2D eigenvalue weighted by Crippen LogP contribution is 2.43. The lowest BCUT2D eigenvalue weighted by molar-refractivity contribution is -0.184. The van der Waals surface area contributed by atoms with Gasteiger partial charge in [0.1, 0.15) is 6.10 Å². The van der Waals surface area contributed by atoms with E-state index in [-0.39, 0.29) is 12.0 Å². The first-order valence-corrected chi connectivity index (χ1v) is 9.81. The van der Waals surface area contributed by atoms with Gasteiger partial charge in [-0.15, -0.1) is 0 Å². The largest absolute Gasteiger partial charge is 0.458 e. The van der Waals surface area contributed by atoms with Gasteiger partial charge in [-0.2, -0.15) is 0 Å². The summed E-state index contributed by atoms with van der Waals surface area (Å²) in [7, 11) is 2.14. The number of nitrogens with zero attached hydrogens (tertiary/aromatic N) is 1. The van der Waals surface area contributed by atoms with Crippen molar-refractivity contribution >= 4 is 5.97 Å². The average Bonchev–Trinajstić information content (AvgIpc) is 3.24. The number of aliphatic hydroxyl groups is 1. The second-order valence-corrected chi connectivity index (χ2v) is 8.10. The van der Waals surface area contributed by atoms with Crippen LogP contribution < -0.4 is 0 Å². The van der Waals surface area contributed by atoms with Crippen LogP contribution in [0.1, 0.15) is 56.9 Å². The number of ether oxygens (including phenoxy) is 1. The van der Waals surface area contributed by atoms with Crippen molar-refractivity contribution in [2.75, 3.05) is 7.05 Å². The van der Waals surface area contributed by atoms with Crippen LogP contribution in [0.5, 0.6) is 0 Å². The molecule has 25 heavy (non-hydrogen) atoms. The third-order valence-electron chi connectivity index (χ3n) is 6.84. The molecule has 0 amide bonds. The van der Waals surface area contributed by atoms with Gasteiger partial charge in [0.2, 0.25) is 0 Å². The molecule has 0 aromatic heterocycles. The van der Waals surface area contributed by atoms with Gasteiger partial charge in [-0.25, -0.2) is 4.79 Å². The summed E-state index contributed by atoms with van der Waals surface area (Å²) in [5, 5.41) is 11.5. The lowest BCUT2D eigenvalue weighted by Gasteiger charge is -2.39. The second kappa shape index (κ2) is 6.73. The molecule has 136 valence electrons. The van der Waals surface area contributed by atoms with Gasteiger partial charge in [-0.1, -0.05) is 43.2 Å². The SMILES string of the molecule is CN1[C@@H]2CC[C@H](OC(=O)[C@@](O)(c3ccccc3)C3CCCC3)[C@@H]1CC2. The number of esters is 1. The van der Waals surface area contributed by atoms with Crippen molar-refractivity contribution in [1.82, 2.24) is 4.90 Å². The summed E-state index contributed by atoms with van der Waals surface area (Å²) in [6, 6.07) is 10.4. The Hall–Kier alpha value is -1.39. The van der Waals surface area contributed by atoms with Crippen LogP contribution in [0.4, 0.5) is 0 Å². The maximum absolute atomic E-state index is 13.2. The first-order chi connectivity index (χ1) is 12.1. The Balaban J connectivity index is 1.58. The number of fused-ring (bicyclic) bond motifs is 2. The number of benzene rings is 1. The van der Waals surface area contributed by atoms with Crippen molar-refractivity contribution in [3.8, 4) is 0 Å². The summed E-state index contributed by atoms with van der Waals surface area (Å²) >= 11 is 0. The lowest BCUT2D eigenvalue weighted by Crippen LogP contribution is -2.51. The minimum Gasteiger partial charge on any atom is -0.458 e. The third-order valence-corrected chi connectivity index (χ3v) is 6.84. The molecule has 1 aromatic carbocycles. The van der Waals surface area contributed by atoms with E-state index in [2.05, 4.69) is 11.9 Å². The molecule has 1 aromatic rings. The van der Waals surface area contributed by atoms with Gasteiger partial charge in [0.15, 0.2) is 5.60 Å². The van der Waals surface area contributed by atoms with Gasteiger partial charge in [0.25, 0.3) is 0 Å². The average molecular weight is 343 g/mol. The fraction of sp³-hybridized carbons (Fsp3) is 0.667. The number of carbonyl (C=O) groups excluding carboxylic acids is 1. The molecule has 2 heterocycles. The van der Waals surface area contributed by atoms with Crippen molar-refractivity contribution in [2.45, 2.75) is 75.2 Å². The molecule has 4 heteroatoms. The third kappa shape index (κ3) is 2.89. The zero-order valence-corrected chi connectivity index (χ0v) is 15.1. The highest BCUT2D eigenvalue weighted by atomic mass is 16.6. The van der Waals surface area contributed by atoms with Gasteiger partial charge >= 0.3 is 5.97 Å². The standard InChI is InChI=1S/C21H29NO3/c1-22-17-11-13-18(22)19(14-12-17)25-20(23)21(24,16-9-5-6-10-16)15-7-3-2-4-8-15/h2-4,7-8,16-19,24H,5-6,9-14H2,1H3/t17-,18-,19-,21+/m0/s1. The number of carbonyl (C=O) groups is 1. The number of hydrogen-bond donors (Lipinski definition) is 1.